The van der Waals surface area contributed by atoms with E-state index in [2.05, 4.69) is 25.0 Å². The third-order valence-corrected chi connectivity index (χ3v) is 4.28. The van der Waals surface area contributed by atoms with Crippen LogP contribution >= 0.6 is 0 Å². The van der Waals surface area contributed by atoms with E-state index < -0.39 is 0 Å². The molecule has 0 spiro atoms. The molecule has 1 aliphatic rings. The third kappa shape index (κ3) is 3.37. The number of hydrogen-bond acceptors (Lipinski definition) is 4. The summed E-state index contributed by atoms with van der Waals surface area (Å²) in [6, 6.07) is 5.63. The van der Waals surface area contributed by atoms with Gasteiger partial charge in [0.05, 0.1) is 25.0 Å². The van der Waals surface area contributed by atoms with E-state index in [-0.39, 0.29) is 6.03 Å². The highest BCUT2D eigenvalue weighted by atomic mass is 16.2. The van der Waals surface area contributed by atoms with Gasteiger partial charge in [0.1, 0.15) is 5.82 Å². The first-order chi connectivity index (χ1) is 12.3. The molecule has 4 rings (SSSR count). The second-order valence-corrected chi connectivity index (χ2v) is 5.96. The average molecular weight is 337 g/mol. The molecule has 3 aromatic heterocycles. The summed E-state index contributed by atoms with van der Waals surface area (Å²) in [4.78, 5) is 22.7. The zero-order valence-corrected chi connectivity index (χ0v) is 13.7. The summed E-state index contributed by atoms with van der Waals surface area (Å²) in [7, 11) is 0. The van der Waals surface area contributed by atoms with Crippen LogP contribution in [0, 0.1) is 0 Å². The third-order valence-electron chi connectivity index (χ3n) is 4.28. The number of pyridine rings is 1. The van der Waals surface area contributed by atoms with Gasteiger partial charge >= 0.3 is 6.03 Å². The summed E-state index contributed by atoms with van der Waals surface area (Å²) in [6.45, 7) is 3.08. The molecule has 0 bridgehead atoms. The number of nitrogens with zero attached hydrogens (tertiary/aromatic N) is 6. The van der Waals surface area contributed by atoms with Gasteiger partial charge in [-0.3, -0.25) is 9.67 Å². The molecule has 8 heteroatoms. The van der Waals surface area contributed by atoms with Crippen molar-refractivity contribution >= 4 is 6.03 Å². The maximum absolute atomic E-state index is 12.4. The van der Waals surface area contributed by atoms with Crippen molar-refractivity contribution in [2.75, 3.05) is 6.54 Å². The van der Waals surface area contributed by atoms with E-state index in [4.69, 9.17) is 0 Å². The van der Waals surface area contributed by atoms with Crippen molar-refractivity contribution in [1.82, 2.24) is 34.5 Å². The van der Waals surface area contributed by atoms with E-state index in [0.29, 0.717) is 26.2 Å². The summed E-state index contributed by atoms with van der Waals surface area (Å²) in [5, 5.41) is 7.17. The second kappa shape index (κ2) is 6.76. The van der Waals surface area contributed by atoms with Gasteiger partial charge in [-0.2, -0.15) is 5.10 Å². The number of urea groups is 1. The Balaban J connectivity index is 1.38. The van der Waals surface area contributed by atoms with Gasteiger partial charge < -0.3 is 14.8 Å². The Morgan fingerprint density at radius 3 is 2.96 bits per heavy atom. The first kappa shape index (κ1) is 15.4. The first-order valence-electron chi connectivity index (χ1n) is 8.22. The fourth-order valence-corrected chi connectivity index (χ4v) is 2.98. The monoisotopic (exact) mass is 337 g/mol. The zero-order chi connectivity index (χ0) is 17.1. The lowest BCUT2D eigenvalue weighted by Gasteiger charge is -2.28. The summed E-state index contributed by atoms with van der Waals surface area (Å²) >= 11 is 0. The van der Waals surface area contributed by atoms with E-state index >= 15 is 0 Å². The Morgan fingerprint density at radius 1 is 1.20 bits per heavy atom. The smallest absolute Gasteiger partial charge is 0.318 e. The maximum Gasteiger partial charge on any atom is 0.318 e. The fraction of sp³-hybridized carbons (Fsp3) is 0.294. The van der Waals surface area contributed by atoms with Crippen LogP contribution in [0.25, 0.3) is 0 Å². The average Bonchev–Trinajstić information content (AvgIpc) is 3.31. The molecule has 0 radical (unpaired) electrons. The number of imidazole rings is 1. The minimum Gasteiger partial charge on any atom is -0.334 e. The van der Waals surface area contributed by atoms with Gasteiger partial charge in [-0.05, 0) is 17.7 Å². The molecule has 0 unspecified atom stereocenters. The largest absolute Gasteiger partial charge is 0.334 e. The number of nitrogens with one attached hydrogen (secondary N) is 1. The lowest BCUT2D eigenvalue weighted by atomic mass is 10.3. The Labute approximate surface area is 145 Å². The molecule has 0 aromatic carbocycles. The van der Waals surface area contributed by atoms with Crippen LogP contribution in [0.5, 0.6) is 0 Å². The van der Waals surface area contributed by atoms with E-state index in [1.165, 1.54) is 0 Å². The summed E-state index contributed by atoms with van der Waals surface area (Å²) in [5.41, 5.74) is 2.09. The quantitative estimate of drug-likeness (QED) is 0.777. The molecule has 0 saturated carbocycles. The minimum atomic E-state index is -0.0771. The summed E-state index contributed by atoms with van der Waals surface area (Å²) < 4.78 is 4.05. The number of hydrogen-bond donors (Lipinski definition) is 1. The Kier molecular flexibility index (Phi) is 4.16. The van der Waals surface area contributed by atoms with Crippen LogP contribution in [0.4, 0.5) is 4.79 Å². The molecule has 0 saturated heterocycles. The van der Waals surface area contributed by atoms with Crippen LogP contribution < -0.4 is 5.32 Å². The number of aromatic nitrogens is 5. The highest BCUT2D eigenvalue weighted by Gasteiger charge is 2.23. The Morgan fingerprint density at radius 2 is 2.16 bits per heavy atom. The Bertz CT molecular complexity index is 841. The molecule has 0 fully saturated rings. The molecular weight excluding hydrogens is 318 g/mol. The van der Waals surface area contributed by atoms with Gasteiger partial charge in [0.2, 0.25) is 0 Å². The summed E-state index contributed by atoms with van der Waals surface area (Å²) in [5.74, 6) is 0.907. The minimum absolute atomic E-state index is 0.0771. The lowest BCUT2D eigenvalue weighted by molar-refractivity contribution is 0.181. The normalized spacial score (nSPS) is 13.5. The van der Waals surface area contributed by atoms with E-state index in [9.17, 15) is 4.79 Å². The lowest BCUT2D eigenvalue weighted by Crippen LogP contribution is -2.44. The van der Waals surface area contributed by atoms with Crippen LogP contribution in [0.3, 0.4) is 0 Å². The van der Waals surface area contributed by atoms with E-state index in [1.807, 2.05) is 35.3 Å². The zero-order valence-electron chi connectivity index (χ0n) is 13.7. The van der Waals surface area contributed by atoms with Crippen molar-refractivity contribution in [2.45, 2.75) is 26.2 Å². The standard InChI is InChI=1S/C17H19N7O/c25-17(20-10-14-3-1-4-18-9-14)22-7-8-24-15(11-19-16(24)13-22)12-23-6-2-5-21-23/h1-6,9,11H,7-8,10,12-13H2,(H,20,25). The molecule has 3 aromatic rings. The number of fused-ring (bicyclic) bond motifs is 1. The molecule has 8 nitrogen and oxygen atoms in total. The van der Waals surface area contributed by atoms with Gasteiger partial charge in [-0.25, -0.2) is 9.78 Å². The van der Waals surface area contributed by atoms with E-state index in [0.717, 1.165) is 23.6 Å². The molecule has 128 valence electrons. The molecule has 4 heterocycles. The van der Waals surface area contributed by atoms with Crippen LogP contribution in [0.1, 0.15) is 17.1 Å². The van der Waals surface area contributed by atoms with Crippen molar-refractivity contribution in [3.05, 3.63) is 66.3 Å². The molecule has 2 amide bonds. The van der Waals surface area contributed by atoms with Crippen LogP contribution in [-0.2, 0) is 26.2 Å². The van der Waals surface area contributed by atoms with Crippen molar-refractivity contribution in [2.24, 2.45) is 0 Å². The molecule has 0 aliphatic carbocycles. The van der Waals surface area contributed by atoms with Crippen molar-refractivity contribution in [3.8, 4) is 0 Å². The van der Waals surface area contributed by atoms with Crippen LogP contribution in [-0.4, -0.2) is 41.8 Å². The first-order valence-corrected chi connectivity index (χ1v) is 8.22. The van der Waals surface area contributed by atoms with Crippen molar-refractivity contribution in [3.63, 3.8) is 0 Å². The molecule has 0 atom stereocenters. The topological polar surface area (TPSA) is 80.9 Å². The SMILES string of the molecule is O=C(NCc1cccnc1)N1CCn2c(Cn3cccn3)cnc2C1. The predicted molar refractivity (Wildman–Crippen MR) is 90.4 cm³/mol. The fourth-order valence-electron chi connectivity index (χ4n) is 2.98. The van der Waals surface area contributed by atoms with Gasteiger partial charge in [0.25, 0.3) is 0 Å². The predicted octanol–water partition coefficient (Wildman–Crippen LogP) is 1.25. The van der Waals surface area contributed by atoms with Gasteiger partial charge in [0.15, 0.2) is 0 Å². The van der Waals surface area contributed by atoms with Crippen molar-refractivity contribution < 1.29 is 4.79 Å². The number of carbonyl (C=O) groups excluding carboxylic acids is 1. The van der Waals surface area contributed by atoms with E-state index in [1.54, 1.807) is 23.5 Å². The number of amides is 2. The maximum atomic E-state index is 12.4. The van der Waals surface area contributed by atoms with Crippen molar-refractivity contribution in [1.29, 1.82) is 0 Å². The number of carbonyl (C=O) groups is 1. The van der Waals surface area contributed by atoms with Gasteiger partial charge in [-0.15, -0.1) is 0 Å². The molecular formula is C17H19N7O. The highest BCUT2D eigenvalue weighted by molar-refractivity contribution is 5.74. The molecule has 1 N–H and O–H groups in total. The highest BCUT2D eigenvalue weighted by Crippen LogP contribution is 2.15. The second-order valence-electron chi connectivity index (χ2n) is 5.96. The van der Waals surface area contributed by atoms with Gasteiger partial charge in [-0.1, -0.05) is 6.07 Å². The van der Waals surface area contributed by atoms with Gasteiger partial charge in [0, 0.05) is 44.4 Å². The number of rotatable bonds is 4. The molecule has 1 aliphatic heterocycles. The Hall–Kier alpha value is -3.16. The van der Waals surface area contributed by atoms with Crippen LogP contribution in [0.15, 0.2) is 49.2 Å². The van der Waals surface area contributed by atoms with Crippen LogP contribution in [0.2, 0.25) is 0 Å². The molecule has 25 heavy (non-hydrogen) atoms. The summed E-state index contributed by atoms with van der Waals surface area (Å²) in [6.07, 6.45) is 9.04.